The number of hydrogen-bond donors (Lipinski definition) is 1. The summed E-state index contributed by atoms with van der Waals surface area (Å²) in [7, 11) is 3.06. The number of ether oxygens (including phenoxy) is 2. The lowest BCUT2D eigenvalue weighted by Gasteiger charge is -2.34. The molecule has 1 aromatic heterocycles. The Morgan fingerprint density at radius 2 is 1.95 bits per heavy atom. The van der Waals surface area contributed by atoms with E-state index in [1.54, 1.807) is 18.2 Å². The monoisotopic (exact) mass is 549 g/mol. The molecule has 0 amide bonds. The number of imidazole rings is 1. The first kappa shape index (κ1) is 27.6. The molecular weight excluding hydrogens is 517 g/mol. The van der Waals surface area contributed by atoms with E-state index in [0.717, 1.165) is 24.7 Å². The summed E-state index contributed by atoms with van der Waals surface area (Å²) in [6.45, 7) is 0.911. The van der Waals surface area contributed by atoms with Crippen molar-refractivity contribution in [3.8, 4) is 17.0 Å². The van der Waals surface area contributed by atoms with Gasteiger partial charge in [-0.2, -0.15) is 13.2 Å². The van der Waals surface area contributed by atoms with Gasteiger partial charge in [0.05, 0.1) is 31.8 Å². The van der Waals surface area contributed by atoms with Crippen LogP contribution in [0.3, 0.4) is 0 Å². The summed E-state index contributed by atoms with van der Waals surface area (Å²) in [4.78, 5) is 3.60. The van der Waals surface area contributed by atoms with Gasteiger partial charge in [-0.1, -0.05) is 12.1 Å². The van der Waals surface area contributed by atoms with Gasteiger partial charge < -0.3 is 19.4 Å². The fourth-order valence-corrected chi connectivity index (χ4v) is 6.62. The maximum atomic E-state index is 13.8. The molecule has 0 unspecified atom stereocenters. The largest absolute Gasteiger partial charge is 0.496 e. The third kappa shape index (κ3) is 5.28. The average Bonchev–Trinajstić information content (AvgIpc) is 3.62. The molecule has 0 bridgehead atoms. The van der Waals surface area contributed by atoms with Gasteiger partial charge in [-0.05, 0) is 73.5 Å². The van der Waals surface area contributed by atoms with Gasteiger partial charge in [0, 0.05) is 30.1 Å². The summed E-state index contributed by atoms with van der Waals surface area (Å²) < 4.78 is 81.0. The van der Waals surface area contributed by atoms with Crippen LogP contribution in [0.1, 0.15) is 48.1 Å². The van der Waals surface area contributed by atoms with Crippen LogP contribution in [-0.2, 0) is 18.0 Å². The van der Waals surface area contributed by atoms with Crippen molar-refractivity contribution in [2.75, 3.05) is 33.5 Å². The molecule has 5 rings (SSSR count). The molecule has 3 aromatic rings. The van der Waals surface area contributed by atoms with E-state index in [1.165, 1.54) is 30.9 Å². The van der Waals surface area contributed by atoms with Crippen LogP contribution in [0.15, 0.2) is 48.8 Å². The molecule has 10 heteroatoms. The third-order valence-electron chi connectivity index (χ3n) is 8.27. The molecule has 2 fully saturated rings. The van der Waals surface area contributed by atoms with E-state index in [9.17, 15) is 22.0 Å². The summed E-state index contributed by atoms with van der Waals surface area (Å²) >= 11 is 0. The molecule has 4 atom stereocenters. The molecule has 1 saturated heterocycles. The summed E-state index contributed by atoms with van der Waals surface area (Å²) in [5.41, 5.74) is 0.838. The zero-order valence-electron chi connectivity index (χ0n) is 21.9. The molecule has 39 heavy (non-hydrogen) atoms. The second-order valence-corrected chi connectivity index (χ2v) is 10.6. The molecule has 5 nitrogen and oxygen atoms in total. The molecule has 0 radical (unpaired) electrons. The SMILES string of the molecule is COc1ccc(-c2c(C(F)(F)F)ncn2C)cc1[C@@H]1C[C@@]2(CC[C@H](CNCCF)[C@H]2c2ccc(F)cc2)CO1. The Kier molecular flexibility index (Phi) is 7.70. The molecule has 1 aliphatic carbocycles. The van der Waals surface area contributed by atoms with E-state index < -0.39 is 24.6 Å². The summed E-state index contributed by atoms with van der Waals surface area (Å²) in [5, 5.41) is 3.19. The highest BCUT2D eigenvalue weighted by Gasteiger charge is 2.53. The van der Waals surface area contributed by atoms with E-state index in [4.69, 9.17) is 9.47 Å². The maximum absolute atomic E-state index is 13.8. The van der Waals surface area contributed by atoms with Gasteiger partial charge >= 0.3 is 6.18 Å². The molecule has 2 aromatic carbocycles. The van der Waals surface area contributed by atoms with E-state index in [2.05, 4.69) is 10.3 Å². The van der Waals surface area contributed by atoms with Crippen molar-refractivity contribution in [2.45, 2.75) is 37.5 Å². The van der Waals surface area contributed by atoms with Crippen LogP contribution >= 0.6 is 0 Å². The van der Waals surface area contributed by atoms with Crippen LogP contribution < -0.4 is 10.1 Å². The Balaban J connectivity index is 1.49. The van der Waals surface area contributed by atoms with E-state index >= 15 is 0 Å². The van der Waals surface area contributed by atoms with Crippen molar-refractivity contribution >= 4 is 0 Å². The van der Waals surface area contributed by atoms with Gasteiger partial charge in [-0.3, -0.25) is 0 Å². The van der Waals surface area contributed by atoms with Crippen LogP contribution in [0.2, 0.25) is 0 Å². The van der Waals surface area contributed by atoms with E-state index in [0.29, 0.717) is 36.4 Å². The highest BCUT2D eigenvalue weighted by molar-refractivity contribution is 5.66. The smallest absolute Gasteiger partial charge is 0.435 e. The molecule has 210 valence electrons. The number of methoxy groups -OCH3 is 1. The first-order valence-electron chi connectivity index (χ1n) is 13.1. The van der Waals surface area contributed by atoms with Gasteiger partial charge in [0.1, 0.15) is 18.2 Å². The molecule has 1 spiro atoms. The topological polar surface area (TPSA) is 48.3 Å². The lowest BCUT2D eigenvalue weighted by molar-refractivity contribution is -0.140. The lowest BCUT2D eigenvalue weighted by atomic mass is 9.70. The number of rotatable bonds is 8. The Bertz CT molecular complexity index is 1290. The quantitative estimate of drug-likeness (QED) is 0.259. The minimum atomic E-state index is -4.60. The highest BCUT2D eigenvalue weighted by atomic mass is 19.4. The number of alkyl halides is 4. The van der Waals surface area contributed by atoms with E-state index in [1.807, 2.05) is 12.1 Å². The third-order valence-corrected chi connectivity index (χ3v) is 8.27. The fraction of sp³-hybridized carbons (Fsp3) is 0.483. The number of benzene rings is 2. The second kappa shape index (κ2) is 10.9. The van der Waals surface area contributed by atoms with Crippen molar-refractivity contribution < 1.29 is 31.4 Å². The Labute approximate surface area is 224 Å². The zero-order valence-corrected chi connectivity index (χ0v) is 21.9. The summed E-state index contributed by atoms with van der Waals surface area (Å²) in [6.07, 6.45) is -1.43. The Morgan fingerprint density at radius 3 is 2.64 bits per heavy atom. The molecular formula is C29H32F5N3O2. The fourth-order valence-electron chi connectivity index (χ4n) is 6.62. The maximum Gasteiger partial charge on any atom is 0.435 e. The first-order chi connectivity index (χ1) is 18.7. The standard InChI is InChI=1S/C29H32F5N3O2/c1-37-17-36-27(29(32,33)34)26(37)19-5-8-23(38-2)22(13-19)24-14-28(16-39-24)10-9-20(15-35-12-11-30)25(28)18-3-6-21(31)7-4-18/h3-8,13,17,20,24-25,35H,9-12,14-16H2,1-2H3/t20-,24+,25-,28+/m1/s1. The van der Waals surface area contributed by atoms with Crippen LogP contribution in [0.5, 0.6) is 5.75 Å². The Hall–Kier alpha value is -2.98. The molecule has 2 heterocycles. The van der Waals surface area contributed by atoms with Crippen LogP contribution in [0, 0.1) is 17.2 Å². The summed E-state index contributed by atoms with van der Waals surface area (Å²) in [5.74, 6) is 0.488. The van der Waals surface area contributed by atoms with Crippen LogP contribution in [-0.4, -0.2) is 43.0 Å². The van der Waals surface area contributed by atoms with Crippen LogP contribution in [0.25, 0.3) is 11.3 Å². The van der Waals surface area contributed by atoms with Gasteiger partial charge in [0.25, 0.3) is 0 Å². The highest BCUT2D eigenvalue weighted by Crippen LogP contribution is 2.61. The predicted octanol–water partition coefficient (Wildman–Crippen LogP) is 6.45. The van der Waals surface area contributed by atoms with Crippen molar-refractivity contribution in [3.63, 3.8) is 0 Å². The van der Waals surface area contributed by atoms with E-state index in [-0.39, 0.29) is 35.3 Å². The van der Waals surface area contributed by atoms with Crippen molar-refractivity contribution in [3.05, 3.63) is 71.4 Å². The minimum Gasteiger partial charge on any atom is -0.496 e. The molecule has 1 aliphatic heterocycles. The number of hydrogen-bond acceptors (Lipinski definition) is 4. The number of nitrogens with one attached hydrogen (secondary N) is 1. The minimum absolute atomic E-state index is 0.0248. The van der Waals surface area contributed by atoms with Crippen molar-refractivity contribution in [1.82, 2.24) is 14.9 Å². The normalized spacial score (nSPS) is 25.1. The number of halogens is 5. The van der Waals surface area contributed by atoms with Gasteiger partial charge in [0.15, 0.2) is 5.69 Å². The van der Waals surface area contributed by atoms with Crippen molar-refractivity contribution in [1.29, 1.82) is 0 Å². The molecule has 2 aliphatic rings. The van der Waals surface area contributed by atoms with Gasteiger partial charge in [-0.25, -0.2) is 13.8 Å². The first-order valence-corrected chi connectivity index (χ1v) is 13.1. The van der Waals surface area contributed by atoms with Crippen LogP contribution in [0.4, 0.5) is 22.0 Å². The second-order valence-electron chi connectivity index (χ2n) is 10.6. The number of aryl methyl sites for hydroxylation is 1. The number of nitrogens with zero attached hydrogens (tertiary/aromatic N) is 2. The van der Waals surface area contributed by atoms with Crippen molar-refractivity contribution in [2.24, 2.45) is 18.4 Å². The summed E-state index contributed by atoms with van der Waals surface area (Å²) in [6, 6.07) is 11.5. The number of aromatic nitrogens is 2. The van der Waals surface area contributed by atoms with Gasteiger partial charge in [0.2, 0.25) is 0 Å². The molecule has 1 N–H and O–H groups in total. The Morgan fingerprint density at radius 1 is 1.18 bits per heavy atom. The average molecular weight is 550 g/mol. The lowest BCUT2D eigenvalue weighted by Crippen LogP contribution is -2.32. The zero-order chi connectivity index (χ0) is 27.8. The van der Waals surface area contributed by atoms with Gasteiger partial charge in [-0.15, -0.1) is 0 Å². The predicted molar refractivity (Wildman–Crippen MR) is 137 cm³/mol. The molecule has 1 saturated carbocycles.